The molecule has 0 amide bonds. The molecule has 0 spiro atoms. The smallest absolute Gasteiger partial charge is 0.500 e. The van der Waals surface area contributed by atoms with Crippen LogP contribution in [0.1, 0.15) is 6.42 Å². The standard InChI is InChI=1S/C3H9NO2Si/c4-2-1-3-7(5)6/h5H,1-4H2. The number of hydrogen-bond donors (Lipinski definition) is 2. The minimum absolute atomic E-state index is 0.376. The number of rotatable bonds is 3. The van der Waals surface area contributed by atoms with Gasteiger partial charge in [-0.2, -0.15) is 0 Å². The second kappa shape index (κ2) is 3.95. The van der Waals surface area contributed by atoms with Gasteiger partial charge >= 0.3 is 8.93 Å². The van der Waals surface area contributed by atoms with Gasteiger partial charge in [-0.05, 0) is 13.0 Å². The van der Waals surface area contributed by atoms with E-state index in [1.165, 1.54) is 0 Å². The monoisotopic (exact) mass is 119 g/mol. The lowest BCUT2D eigenvalue weighted by atomic mass is 10.5. The van der Waals surface area contributed by atoms with Gasteiger partial charge in [0.15, 0.2) is 0 Å². The van der Waals surface area contributed by atoms with Crippen molar-refractivity contribution in [3.05, 3.63) is 0 Å². The summed E-state index contributed by atoms with van der Waals surface area (Å²) in [7, 11) is -2.23. The van der Waals surface area contributed by atoms with Gasteiger partial charge in [0.25, 0.3) is 0 Å². The van der Waals surface area contributed by atoms with Crippen LogP contribution in [0.5, 0.6) is 0 Å². The first-order valence-electron chi connectivity index (χ1n) is 2.19. The molecule has 0 aliphatic heterocycles. The van der Waals surface area contributed by atoms with E-state index in [1.807, 2.05) is 0 Å². The first-order valence-corrected chi connectivity index (χ1v) is 3.75. The third-order valence-corrected chi connectivity index (χ3v) is 1.38. The molecule has 0 aromatic heterocycles. The highest BCUT2D eigenvalue weighted by Crippen LogP contribution is 1.82. The van der Waals surface area contributed by atoms with Gasteiger partial charge in [-0.1, -0.05) is 0 Å². The van der Waals surface area contributed by atoms with Crippen LogP contribution in [0.15, 0.2) is 0 Å². The molecule has 0 unspecified atom stereocenters. The van der Waals surface area contributed by atoms with Crippen molar-refractivity contribution in [3.63, 3.8) is 0 Å². The number of nitrogens with two attached hydrogens (primary N) is 1. The summed E-state index contributed by atoms with van der Waals surface area (Å²) in [5, 5.41) is 0. The highest BCUT2D eigenvalue weighted by atomic mass is 28.3. The van der Waals surface area contributed by atoms with E-state index in [0.29, 0.717) is 19.0 Å². The average Bonchev–Trinajstić information content (AvgIpc) is 1.61. The van der Waals surface area contributed by atoms with E-state index in [9.17, 15) is 4.46 Å². The molecule has 7 heavy (non-hydrogen) atoms. The summed E-state index contributed by atoms with van der Waals surface area (Å²) in [4.78, 5) is 8.17. The molecule has 0 rings (SSSR count). The fourth-order valence-corrected chi connectivity index (χ4v) is 0.760. The molecule has 0 saturated carbocycles. The Morgan fingerprint density at radius 1 is 1.71 bits per heavy atom. The van der Waals surface area contributed by atoms with Gasteiger partial charge in [0.1, 0.15) is 0 Å². The quantitative estimate of drug-likeness (QED) is 0.480. The Morgan fingerprint density at radius 3 is 2.43 bits per heavy atom. The lowest BCUT2D eigenvalue weighted by Gasteiger charge is -1.84. The van der Waals surface area contributed by atoms with Crippen LogP contribution in [-0.4, -0.2) is 20.3 Å². The maximum atomic E-state index is 9.89. The molecule has 0 aliphatic rings. The van der Waals surface area contributed by atoms with Gasteiger partial charge in [-0.25, -0.2) is 0 Å². The predicted molar refractivity (Wildman–Crippen MR) is 27.1 cm³/mol. The first-order chi connectivity index (χ1) is 3.27. The molecular weight excluding hydrogens is 110 g/mol. The Balaban J connectivity index is 2.82. The van der Waals surface area contributed by atoms with E-state index < -0.39 is 8.93 Å². The van der Waals surface area contributed by atoms with Crippen LogP contribution in [0.4, 0.5) is 0 Å². The van der Waals surface area contributed by atoms with Gasteiger partial charge in [0, 0.05) is 6.04 Å². The maximum absolute atomic E-state index is 9.89. The minimum atomic E-state index is -2.23. The fraction of sp³-hybridized carbons (Fsp3) is 1.00. The summed E-state index contributed by atoms with van der Waals surface area (Å²) in [6.45, 7) is 0.511. The Bertz CT molecular complexity index is 66.0. The molecule has 0 heterocycles. The molecule has 3 nitrogen and oxygen atoms in total. The molecule has 3 N–H and O–H groups in total. The second-order valence-corrected chi connectivity index (χ2v) is 2.57. The SMILES string of the molecule is NCCC[Si](=O)O. The van der Waals surface area contributed by atoms with E-state index in [-0.39, 0.29) is 0 Å². The molecule has 0 aliphatic carbocycles. The molecule has 0 aromatic carbocycles. The van der Waals surface area contributed by atoms with E-state index >= 15 is 0 Å². The van der Waals surface area contributed by atoms with Crippen molar-refractivity contribution in [3.8, 4) is 0 Å². The van der Waals surface area contributed by atoms with Crippen molar-refractivity contribution in [2.75, 3.05) is 6.54 Å². The van der Waals surface area contributed by atoms with Crippen LogP contribution in [0.25, 0.3) is 0 Å². The van der Waals surface area contributed by atoms with E-state index in [2.05, 4.69) is 0 Å². The highest BCUT2D eigenvalue weighted by Gasteiger charge is 1.96. The topological polar surface area (TPSA) is 63.3 Å². The van der Waals surface area contributed by atoms with E-state index in [0.717, 1.165) is 0 Å². The maximum Gasteiger partial charge on any atom is 0.500 e. The van der Waals surface area contributed by atoms with Crippen molar-refractivity contribution in [1.29, 1.82) is 0 Å². The van der Waals surface area contributed by atoms with Gasteiger partial charge in [-0.15, -0.1) is 0 Å². The molecule has 0 aromatic rings. The molecule has 0 radical (unpaired) electrons. The Labute approximate surface area is 43.9 Å². The zero-order valence-corrected chi connectivity index (χ0v) is 5.05. The van der Waals surface area contributed by atoms with Gasteiger partial charge in [0.2, 0.25) is 0 Å². The third-order valence-electron chi connectivity index (χ3n) is 0.595. The lowest BCUT2D eigenvalue weighted by molar-refractivity contribution is 0.444. The summed E-state index contributed by atoms with van der Waals surface area (Å²) >= 11 is 0. The molecule has 0 fully saturated rings. The Morgan fingerprint density at radius 2 is 2.29 bits per heavy atom. The van der Waals surface area contributed by atoms with Crippen LogP contribution in [0.3, 0.4) is 0 Å². The zero-order valence-electron chi connectivity index (χ0n) is 4.05. The molecule has 4 heteroatoms. The minimum Gasteiger partial charge on any atom is -0.540 e. The van der Waals surface area contributed by atoms with Crippen LogP contribution in [0, 0.1) is 0 Å². The molecular formula is C3H9NO2Si. The van der Waals surface area contributed by atoms with E-state index in [4.69, 9.17) is 10.5 Å². The summed E-state index contributed by atoms with van der Waals surface area (Å²) in [5.41, 5.74) is 5.04. The predicted octanol–water partition coefficient (Wildman–Crippen LogP) is -0.754. The van der Waals surface area contributed by atoms with Crippen molar-refractivity contribution in [1.82, 2.24) is 0 Å². The zero-order chi connectivity index (χ0) is 5.70. The summed E-state index contributed by atoms with van der Waals surface area (Å²) in [6.07, 6.45) is 0.661. The van der Waals surface area contributed by atoms with Crippen molar-refractivity contribution in [2.24, 2.45) is 5.73 Å². The van der Waals surface area contributed by atoms with Crippen LogP contribution < -0.4 is 5.73 Å². The van der Waals surface area contributed by atoms with Crippen molar-refractivity contribution in [2.45, 2.75) is 12.5 Å². The highest BCUT2D eigenvalue weighted by molar-refractivity contribution is 6.32. The summed E-state index contributed by atoms with van der Waals surface area (Å²) in [5.74, 6) is 0. The first kappa shape index (κ1) is 6.78. The van der Waals surface area contributed by atoms with Crippen LogP contribution in [0.2, 0.25) is 6.04 Å². The third kappa shape index (κ3) is 5.78. The number of hydrogen-bond acceptors (Lipinski definition) is 2. The Kier molecular flexibility index (Phi) is 3.82. The largest absolute Gasteiger partial charge is 0.540 e. The molecule has 0 saturated heterocycles. The summed E-state index contributed by atoms with van der Waals surface area (Å²) < 4.78 is 9.89. The van der Waals surface area contributed by atoms with Gasteiger partial charge < -0.3 is 15.0 Å². The molecule has 0 atom stereocenters. The summed E-state index contributed by atoms with van der Waals surface area (Å²) in [6, 6.07) is 0.376. The fourth-order valence-electron chi connectivity index (χ4n) is 0.253. The van der Waals surface area contributed by atoms with Crippen LogP contribution in [-0.2, 0) is 4.46 Å². The van der Waals surface area contributed by atoms with Crippen molar-refractivity contribution < 1.29 is 9.26 Å². The second-order valence-electron chi connectivity index (χ2n) is 1.29. The van der Waals surface area contributed by atoms with Crippen molar-refractivity contribution >= 4 is 8.93 Å². The normalized spacial score (nSPS) is 8.71. The molecule has 0 bridgehead atoms. The molecule has 42 valence electrons. The Hall–Kier alpha value is -0.223. The van der Waals surface area contributed by atoms with Gasteiger partial charge in [-0.3, -0.25) is 0 Å². The van der Waals surface area contributed by atoms with Gasteiger partial charge in [0.05, 0.1) is 0 Å². The van der Waals surface area contributed by atoms with Crippen LogP contribution >= 0.6 is 0 Å². The lowest BCUT2D eigenvalue weighted by Crippen LogP contribution is -2.03. The van der Waals surface area contributed by atoms with E-state index in [1.54, 1.807) is 0 Å². The average molecular weight is 119 g/mol.